The maximum absolute atomic E-state index is 11.9. The van der Waals surface area contributed by atoms with Crippen molar-refractivity contribution in [1.29, 1.82) is 0 Å². The minimum atomic E-state index is -0.347. The third-order valence-electron chi connectivity index (χ3n) is 2.54. The minimum Gasteiger partial charge on any atom is -0.320 e. The van der Waals surface area contributed by atoms with Gasteiger partial charge in [-0.2, -0.15) is 5.10 Å². The summed E-state index contributed by atoms with van der Waals surface area (Å²) < 4.78 is 0. The Morgan fingerprint density at radius 2 is 2.22 bits per heavy atom. The van der Waals surface area contributed by atoms with E-state index in [0.717, 1.165) is 5.56 Å². The topological polar surface area (TPSA) is 70.6 Å². The monoisotopic (exact) mass is 265 g/mol. The summed E-state index contributed by atoms with van der Waals surface area (Å²) in [4.78, 5) is 22.8. The Morgan fingerprint density at radius 3 is 2.83 bits per heavy atom. The molecule has 18 heavy (non-hydrogen) atoms. The number of hydrogen-bond acceptors (Lipinski definition) is 3. The molecular formula is C12H12ClN3O2. The van der Waals surface area contributed by atoms with Crippen molar-refractivity contribution in [3.8, 4) is 0 Å². The molecule has 0 spiro atoms. The molecule has 0 fully saturated rings. The molecule has 1 aromatic rings. The van der Waals surface area contributed by atoms with Gasteiger partial charge in [-0.3, -0.25) is 9.59 Å². The number of aryl methyl sites for hydroxylation is 1. The molecule has 0 unspecified atom stereocenters. The van der Waals surface area contributed by atoms with E-state index in [1.807, 2.05) is 13.0 Å². The number of hydrogen-bond donors (Lipinski definition) is 2. The van der Waals surface area contributed by atoms with Gasteiger partial charge in [-0.25, -0.2) is 5.43 Å². The van der Waals surface area contributed by atoms with Crippen LogP contribution >= 0.6 is 11.6 Å². The molecule has 0 saturated carbocycles. The van der Waals surface area contributed by atoms with Gasteiger partial charge in [-0.15, -0.1) is 0 Å². The van der Waals surface area contributed by atoms with E-state index in [1.54, 1.807) is 12.1 Å². The first kappa shape index (κ1) is 12.6. The summed E-state index contributed by atoms with van der Waals surface area (Å²) in [6, 6.07) is 5.35. The van der Waals surface area contributed by atoms with E-state index in [-0.39, 0.29) is 18.2 Å². The molecule has 0 radical (unpaired) electrons. The highest BCUT2D eigenvalue weighted by Gasteiger charge is 2.18. The lowest BCUT2D eigenvalue weighted by molar-refractivity contribution is -0.121. The number of hydrazone groups is 1. The van der Waals surface area contributed by atoms with E-state index >= 15 is 0 Å². The van der Waals surface area contributed by atoms with E-state index in [2.05, 4.69) is 15.8 Å². The van der Waals surface area contributed by atoms with Gasteiger partial charge in [-0.1, -0.05) is 17.7 Å². The van der Waals surface area contributed by atoms with Crippen LogP contribution < -0.4 is 10.7 Å². The highest BCUT2D eigenvalue weighted by atomic mass is 35.5. The number of benzene rings is 1. The Balaban J connectivity index is 2.09. The molecule has 1 aromatic carbocycles. The predicted molar refractivity (Wildman–Crippen MR) is 69.6 cm³/mol. The Labute approximate surface area is 109 Å². The van der Waals surface area contributed by atoms with Crippen LogP contribution in [0.4, 0.5) is 5.69 Å². The number of nitrogens with zero attached hydrogens (tertiary/aromatic N) is 1. The fraction of sp³-hybridized carbons (Fsp3) is 0.250. The average Bonchev–Trinajstić information content (AvgIpc) is 2.33. The van der Waals surface area contributed by atoms with Gasteiger partial charge in [0.25, 0.3) is 5.91 Å². The summed E-state index contributed by atoms with van der Waals surface area (Å²) in [5.74, 6) is -0.527. The molecule has 1 aliphatic rings. The van der Waals surface area contributed by atoms with Crippen LogP contribution in [0.15, 0.2) is 23.3 Å². The Hall–Kier alpha value is -1.88. The fourth-order valence-corrected chi connectivity index (χ4v) is 1.84. The Kier molecular flexibility index (Phi) is 3.62. The Morgan fingerprint density at radius 1 is 1.44 bits per heavy atom. The van der Waals surface area contributed by atoms with Gasteiger partial charge >= 0.3 is 0 Å². The van der Waals surface area contributed by atoms with Crippen molar-refractivity contribution in [3.05, 3.63) is 28.8 Å². The van der Waals surface area contributed by atoms with Crippen LogP contribution in [-0.4, -0.2) is 17.5 Å². The number of nitrogens with one attached hydrogen (secondary N) is 2. The van der Waals surface area contributed by atoms with E-state index in [1.165, 1.54) is 0 Å². The standard InChI is InChI=1S/C12H12ClN3O2/c1-7-2-3-9(8(13)6-7)14-12(18)10-4-5-11(17)16-15-10/h2-3,6H,4-5H2,1H3,(H,14,18)(H,16,17). The number of carbonyl (C=O) groups is 2. The lowest BCUT2D eigenvalue weighted by Crippen LogP contribution is -2.32. The highest BCUT2D eigenvalue weighted by Crippen LogP contribution is 2.22. The van der Waals surface area contributed by atoms with Gasteiger partial charge in [0.05, 0.1) is 10.7 Å². The van der Waals surface area contributed by atoms with Gasteiger partial charge in [0, 0.05) is 12.8 Å². The fourth-order valence-electron chi connectivity index (χ4n) is 1.55. The van der Waals surface area contributed by atoms with E-state index in [4.69, 9.17) is 11.6 Å². The van der Waals surface area contributed by atoms with Crippen molar-refractivity contribution >= 4 is 34.8 Å². The first-order valence-electron chi connectivity index (χ1n) is 5.49. The summed E-state index contributed by atoms with van der Waals surface area (Å²) in [6.07, 6.45) is 0.606. The highest BCUT2D eigenvalue weighted by molar-refractivity contribution is 6.44. The second-order valence-electron chi connectivity index (χ2n) is 4.03. The summed E-state index contributed by atoms with van der Waals surface area (Å²) in [5, 5.41) is 6.86. The summed E-state index contributed by atoms with van der Waals surface area (Å²) in [6.45, 7) is 1.91. The summed E-state index contributed by atoms with van der Waals surface area (Å²) in [7, 11) is 0. The van der Waals surface area contributed by atoms with Gasteiger partial charge in [0.1, 0.15) is 5.71 Å². The van der Waals surface area contributed by atoms with Crippen molar-refractivity contribution < 1.29 is 9.59 Å². The van der Waals surface area contributed by atoms with Crippen molar-refractivity contribution in [2.45, 2.75) is 19.8 Å². The molecule has 2 rings (SSSR count). The van der Waals surface area contributed by atoms with Gasteiger partial charge in [-0.05, 0) is 24.6 Å². The first-order chi connectivity index (χ1) is 8.56. The molecule has 2 amide bonds. The smallest absolute Gasteiger partial charge is 0.271 e. The lowest BCUT2D eigenvalue weighted by Gasteiger charge is -2.12. The van der Waals surface area contributed by atoms with Crippen molar-refractivity contribution in [3.63, 3.8) is 0 Å². The molecule has 5 nitrogen and oxygen atoms in total. The third-order valence-corrected chi connectivity index (χ3v) is 2.85. The zero-order chi connectivity index (χ0) is 13.1. The number of anilines is 1. The van der Waals surface area contributed by atoms with E-state index in [0.29, 0.717) is 22.8 Å². The average molecular weight is 266 g/mol. The quantitative estimate of drug-likeness (QED) is 0.857. The van der Waals surface area contributed by atoms with Gasteiger partial charge in [0.15, 0.2) is 0 Å². The van der Waals surface area contributed by atoms with Crippen LogP contribution in [0.25, 0.3) is 0 Å². The van der Waals surface area contributed by atoms with Crippen LogP contribution in [-0.2, 0) is 9.59 Å². The second-order valence-corrected chi connectivity index (χ2v) is 4.44. The van der Waals surface area contributed by atoms with Crippen LogP contribution in [0, 0.1) is 6.92 Å². The SMILES string of the molecule is Cc1ccc(NC(=O)C2=NNC(=O)CC2)c(Cl)c1. The maximum atomic E-state index is 11.9. The minimum absolute atomic E-state index is 0.181. The number of halogens is 1. The number of rotatable bonds is 2. The third kappa shape index (κ3) is 2.87. The van der Waals surface area contributed by atoms with E-state index < -0.39 is 0 Å². The first-order valence-corrected chi connectivity index (χ1v) is 5.87. The van der Waals surface area contributed by atoms with Crippen LogP contribution in [0.2, 0.25) is 5.02 Å². The van der Waals surface area contributed by atoms with Gasteiger partial charge in [0.2, 0.25) is 5.91 Å². The largest absolute Gasteiger partial charge is 0.320 e. The summed E-state index contributed by atoms with van der Waals surface area (Å²) >= 11 is 6.01. The molecule has 1 heterocycles. The maximum Gasteiger partial charge on any atom is 0.271 e. The molecule has 1 aliphatic heterocycles. The lowest BCUT2D eigenvalue weighted by atomic mass is 10.1. The predicted octanol–water partition coefficient (Wildman–Crippen LogP) is 1.85. The molecule has 0 atom stereocenters. The summed E-state index contributed by atoms with van der Waals surface area (Å²) in [5.41, 5.74) is 4.12. The van der Waals surface area contributed by atoms with Crippen LogP contribution in [0.3, 0.4) is 0 Å². The number of carbonyl (C=O) groups excluding carboxylic acids is 2. The Bertz CT molecular complexity index is 540. The molecule has 0 aliphatic carbocycles. The molecule has 0 aromatic heterocycles. The van der Waals surface area contributed by atoms with Gasteiger partial charge < -0.3 is 5.32 Å². The van der Waals surface area contributed by atoms with Crippen LogP contribution in [0.5, 0.6) is 0 Å². The van der Waals surface area contributed by atoms with Crippen molar-refractivity contribution in [2.75, 3.05) is 5.32 Å². The second kappa shape index (κ2) is 5.18. The normalized spacial score (nSPS) is 14.8. The zero-order valence-electron chi connectivity index (χ0n) is 9.79. The molecular weight excluding hydrogens is 254 g/mol. The molecule has 94 valence electrons. The van der Waals surface area contributed by atoms with Crippen molar-refractivity contribution in [1.82, 2.24) is 5.43 Å². The molecule has 0 saturated heterocycles. The van der Waals surface area contributed by atoms with Crippen molar-refractivity contribution in [2.24, 2.45) is 5.10 Å². The molecule has 0 bridgehead atoms. The number of amides is 2. The molecule has 6 heteroatoms. The molecule has 2 N–H and O–H groups in total. The van der Waals surface area contributed by atoms with E-state index in [9.17, 15) is 9.59 Å². The van der Waals surface area contributed by atoms with Crippen LogP contribution in [0.1, 0.15) is 18.4 Å². The zero-order valence-corrected chi connectivity index (χ0v) is 10.5.